The zero-order valence-electron chi connectivity index (χ0n) is 6.54. The first-order valence-corrected chi connectivity index (χ1v) is 6.94. The van der Waals surface area contributed by atoms with E-state index in [1.165, 1.54) is 0 Å². The molecule has 0 bridgehead atoms. The first-order valence-electron chi connectivity index (χ1n) is 3.72. The van der Waals surface area contributed by atoms with Crippen LogP contribution in [0.3, 0.4) is 0 Å². The third-order valence-corrected chi connectivity index (χ3v) is 4.55. The minimum Gasteiger partial charge on any atom is -0.203 e. The number of nitrogens with one attached hydrogen (secondary N) is 1. The summed E-state index contributed by atoms with van der Waals surface area (Å²) in [4.78, 5) is 0. The molecule has 0 spiro atoms. The van der Waals surface area contributed by atoms with Gasteiger partial charge >= 0.3 is 0 Å². The van der Waals surface area contributed by atoms with Crippen LogP contribution in [0.1, 0.15) is 25.7 Å². The molecule has 0 heterocycles. The normalized spacial score (nSPS) is 20.8. The Hall–Kier alpha value is 0.260. The SMILES string of the molecule is CSS(=O)(=O)NC1CCCC1. The van der Waals surface area contributed by atoms with Gasteiger partial charge in [0.25, 0.3) is 9.06 Å². The zero-order chi connectivity index (χ0) is 8.32. The van der Waals surface area contributed by atoms with Crippen molar-refractivity contribution in [3.05, 3.63) is 0 Å². The van der Waals surface area contributed by atoms with E-state index in [0.29, 0.717) is 0 Å². The molecule has 0 radical (unpaired) electrons. The van der Waals surface area contributed by atoms with Crippen molar-refractivity contribution in [2.24, 2.45) is 0 Å². The van der Waals surface area contributed by atoms with Gasteiger partial charge in [0.2, 0.25) is 0 Å². The van der Waals surface area contributed by atoms with Crippen LogP contribution in [0.2, 0.25) is 0 Å². The van der Waals surface area contributed by atoms with Crippen molar-refractivity contribution < 1.29 is 8.42 Å². The van der Waals surface area contributed by atoms with Crippen molar-refractivity contribution in [1.29, 1.82) is 0 Å². The van der Waals surface area contributed by atoms with E-state index in [-0.39, 0.29) is 6.04 Å². The zero-order valence-corrected chi connectivity index (χ0v) is 8.17. The summed E-state index contributed by atoms with van der Waals surface area (Å²) in [6.07, 6.45) is 5.89. The molecule has 66 valence electrons. The molecule has 0 amide bonds. The van der Waals surface area contributed by atoms with Crippen LogP contribution in [0.25, 0.3) is 0 Å². The number of hydrogen-bond acceptors (Lipinski definition) is 3. The Balaban J connectivity index is 2.41. The van der Waals surface area contributed by atoms with Crippen molar-refractivity contribution in [2.75, 3.05) is 6.26 Å². The first-order chi connectivity index (χ1) is 5.14. The highest BCUT2D eigenvalue weighted by atomic mass is 33.1. The average Bonchev–Trinajstić information content (AvgIpc) is 2.39. The van der Waals surface area contributed by atoms with Crippen LogP contribution in [0.5, 0.6) is 0 Å². The van der Waals surface area contributed by atoms with Gasteiger partial charge in [0.1, 0.15) is 0 Å². The Morgan fingerprint density at radius 1 is 1.36 bits per heavy atom. The lowest BCUT2D eigenvalue weighted by Gasteiger charge is -2.09. The maximum Gasteiger partial charge on any atom is 0.264 e. The van der Waals surface area contributed by atoms with Crippen LogP contribution in [-0.4, -0.2) is 20.7 Å². The maximum atomic E-state index is 11.0. The summed E-state index contributed by atoms with van der Waals surface area (Å²) in [6, 6.07) is 0.201. The van der Waals surface area contributed by atoms with Gasteiger partial charge in [-0.15, -0.1) is 0 Å². The van der Waals surface area contributed by atoms with E-state index in [0.717, 1.165) is 36.5 Å². The van der Waals surface area contributed by atoms with Gasteiger partial charge in [-0.3, -0.25) is 0 Å². The summed E-state index contributed by atoms with van der Waals surface area (Å²) in [5.41, 5.74) is 0. The number of hydrogen-bond donors (Lipinski definition) is 1. The van der Waals surface area contributed by atoms with Gasteiger partial charge in [-0.1, -0.05) is 12.8 Å². The minimum atomic E-state index is -3.04. The van der Waals surface area contributed by atoms with Crippen LogP contribution >= 0.6 is 10.8 Å². The largest absolute Gasteiger partial charge is 0.264 e. The van der Waals surface area contributed by atoms with Crippen LogP contribution in [0.4, 0.5) is 0 Å². The summed E-state index contributed by atoms with van der Waals surface area (Å²) >= 11 is 0. The van der Waals surface area contributed by atoms with E-state index >= 15 is 0 Å². The van der Waals surface area contributed by atoms with Crippen molar-refractivity contribution in [1.82, 2.24) is 4.72 Å². The lowest BCUT2D eigenvalue weighted by atomic mass is 10.3. The molecule has 1 fully saturated rings. The van der Waals surface area contributed by atoms with Crippen molar-refractivity contribution >= 4 is 19.8 Å². The third-order valence-electron chi connectivity index (χ3n) is 1.89. The standard InChI is InChI=1S/C6H13NO2S2/c1-10-11(8,9)7-6-4-2-3-5-6/h6-7H,2-5H2,1H3. The molecule has 0 aromatic heterocycles. The Morgan fingerprint density at radius 2 is 1.91 bits per heavy atom. The molecule has 5 heteroatoms. The molecule has 0 aromatic carbocycles. The molecule has 11 heavy (non-hydrogen) atoms. The van der Waals surface area contributed by atoms with Crippen molar-refractivity contribution in [3.63, 3.8) is 0 Å². The summed E-state index contributed by atoms with van der Waals surface area (Å²) in [5, 5.41) is 0. The molecule has 0 unspecified atom stereocenters. The number of rotatable bonds is 3. The Bertz CT molecular complexity index is 207. The molecule has 0 saturated heterocycles. The van der Waals surface area contributed by atoms with Gasteiger partial charge in [-0.05, 0) is 29.9 Å². The lowest BCUT2D eigenvalue weighted by molar-refractivity contribution is 0.566. The van der Waals surface area contributed by atoms with Crippen molar-refractivity contribution in [3.8, 4) is 0 Å². The molecule has 1 aliphatic rings. The molecule has 0 aliphatic heterocycles. The van der Waals surface area contributed by atoms with Crippen LogP contribution in [0.15, 0.2) is 0 Å². The minimum absolute atomic E-state index is 0.201. The summed E-state index contributed by atoms with van der Waals surface area (Å²) in [5.74, 6) is 0. The summed E-state index contributed by atoms with van der Waals surface area (Å²) in [6.45, 7) is 0. The molecular weight excluding hydrogens is 182 g/mol. The van der Waals surface area contributed by atoms with Crippen molar-refractivity contribution in [2.45, 2.75) is 31.7 Å². The molecular formula is C6H13NO2S2. The van der Waals surface area contributed by atoms with Gasteiger partial charge < -0.3 is 0 Å². The van der Waals surface area contributed by atoms with Crippen LogP contribution < -0.4 is 4.72 Å². The van der Waals surface area contributed by atoms with E-state index in [9.17, 15) is 8.42 Å². The fraction of sp³-hybridized carbons (Fsp3) is 1.00. The van der Waals surface area contributed by atoms with Gasteiger partial charge in [0.05, 0.1) is 0 Å². The third kappa shape index (κ3) is 3.01. The Morgan fingerprint density at radius 3 is 2.36 bits per heavy atom. The van der Waals surface area contributed by atoms with E-state index in [4.69, 9.17) is 0 Å². The molecule has 0 atom stereocenters. The highest BCUT2D eigenvalue weighted by Gasteiger charge is 2.19. The van der Waals surface area contributed by atoms with Gasteiger partial charge in [-0.2, -0.15) is 0 Å². The quantitative estimate of drug-likeness (QED) is 0.687. The molecule has 1 aliphatic carbocycles. The fourth-order valence-electron chi connectivity index (χ4n) is 1.30. The molecule has 0 aromatic rings. The smallest absolute Gasteiger partial charge is 0.203 e. The van der Waals surface area contributed by atoms with Gasteiger partial charge in [0.15, 0.2) is 0 Å². The summed E-state index contributed by atoms with van der Waals surface area (Å²) < 4.78 is 24.7. The second-order valence-corrected chi connectivity index (χ2v) is 6.51. The fourth-order valence-corrected chi connectivity index (χ4v) is 2.73. The van der Waals surface area contributed by atoms with Crippen LogP contribution in [-0.2, 0) is 9.06 Å². The molecule has 3 nitrogen and oxygen atoms in total. The van der Waals surface area contributed by atoms with E-state index in [2.05, 4.69) is 4.72 Å². The van der Waals surface area contributed by atoms with Gasteiger partial charge in [0, 0.05) is 6.04 Å². The lowest BCUT2D eigenvalue weighted by Crippen LogP contribution is -2.30. The molecule has 1 rings (SSSR count). The predicted octanol–water partition coefficient (Wildman–Crippen LogP) is 1.13. The van der Waals surface area contributed by atoms with Gasteiger partial charge in [-0.25, -0.2) is 13.1 Å². The average molecular weight is 195 g/mol. The monoisotopic (exact) mass is 195 g/mol. The molecule has 1 saturated carbocycles. The Kier molecular flexibility index (Phi) is 3.21. The predicted molar refractivity (Wildman–Crippen MR) is 47.8 cm³/mol. The van der Waals surface area contributed by atoms with E-state index < -0.39 is 9.06 Å². The second kappa shape index (κ2) is 3.78. The van der Waals surface area contributed by atoms with Crippen LogP contribution in [0, 0.1) is 0 Å². The van der Waals surface area contributed by atoms with E-state index in [1.807, 2.05) is 0 Å². The topological polar surface area (TPSA) is 46.2 Å². The second-order valence-electron chi connectivity index (χ2n) is 2.72. The highest BCUT2D eigenvalue weighted by Crippen LogP contribution is 2.20. The summed E-state index contributed by atoms with van der Waals surface area (Å²) in [7, 11) is -2.16. The Labute approximate surface area is 71.4 Å². The molecule has 1 N–H and O–H groups in total. The van der Waals surface area contributed by atoms with E-state index in [1.54, 1.807) is 6.26 Å². The first kappa shape index (κ1) is 9.35. The maximum absolute atomic E-state index is 11.0. The highest BCUT2D eigenvalue weighted by molar-refractivity contribution is 8.71.